The molecule has 0 bridgehead atoms. The molecule has 1 N–H and O–H groups in total. The fourth-order valence-electron chi connectivity index (χ4n) is 4.29. The van der Waals surface area contributed by atoms with E-state index >= 15 is 0 Å². The Morgan fingerprint density at radius 2 is 2.06 bits per heavy atom. The molecule has 4 rings (SSSR count). The van der Waals surface area contributed by atoms with Crippen molar-refractivity contribution in [2.24, 2.45) is 4.99 Å². The lowest BCUT2D eigenvalue weighted by Gasteiger charge is -2.38. The van der Waals surface area contributed by atoms with Crippen LogP contribution in [0.15, 0.2) is 51.6 Å². The van der Waals surface area contributed by atoms with Gasteiger partial charge < -0.3 is 19.9 Å². The number of aliphatic imine (C=N–C) groups is 1. The first-order valence-corrected chi connectivity index (χ1v) is 12.5. The molecule has 0 spiro atoms. The van der Waals surface area contributed by atoms with E-state index in [1.165, 1.54) is 23.9 Å². The lowest BCUT2D eigenvalue weighted by Crippen LogP contribution is -2.42. The Balaban J connectivity index is 1.63. The number of likely N-dealkylation sites (N-methyl/N-ethyl adjacent to an activating group) is 1. The standard InChI is InChI=1S/C25H31FN4O3S/c1-15(2)29(4)24(32)22-16(3)28-25-30(23(22)17-7-9-18(26)10-8-17)19(14-34-25)12-21(31)27-13-20-6-5-11-33-20/h7-10,14-15,20,23H,5-6,11-13H2,1-4H3,(H,27,31). The molecule has 2 unspecified atom stereocenters. The van der Waals surface area contributed by atoms with Crippen LogP contribution in [0.25, 0.3) is 0 Å². The van der Waals surface area contributed by atoms with Crippen LogP contribution in [0.3, 0.4) is 0 Å². The van der Waals surface area contributed by atoms with E-state index in [9.17, 15) is 14.0 Å². The number of amidine groups is 1. The molecule has 182 valence electrons. The number of benzene rings is 1. The molecule has 34 heavy (non-hydrogen) atoms. The highest BCUT2D eigenvalue weighted by Gasteiger charge is 2.41. The minimum atomic E-state index is -0.506. The van der Waals surface area contributed by atoms with Gasteiger partial charge >= 0.3 is 0 Å². The van der Waals surface area contributed by atoms with Crippen LogP contribution in [0.4, 0.5) is 4.39 Å². The molecule has 2 amide bonds. The molecule has 0 radical (unpaired) electrons. The number of hydrogen-bond acceptors (Lipinski definition) is 6. The number of nitrogens with zero attached hydrogens (tertiary/aromatic N) is 3. The van der Waals surface area contributed by atoms with Gasteiger partial charge in [-0.2, -0.15) is 0 Å². The summed E-state index contributed by atoms with van der Waals surface area (Å²) in [5.74, 6) is -0.593. The van der Waals surface area contributed by atoms with Crippen LogP contribution in [0.2, 0.25) is 0 Å². The number of rotatable bonds is 7. The Hall–Kier alpha value is -2.65. The Morgan fingerprint density at radius 1 is 1.32 bits per heavy atom. The van der Waals surface area contributed by atoms with Gasteiger partial charge in [0.1, 0.15) is 5.82 Å². The number of allylic oxidation sites excluding steroid dienone is 1. The largest absolute Gasteiger partial charge is 0.376 e. The van der Waals surface area contributed by atoms with Gasteiger partial charge in [0.15, 0.2) is 5.17 Å². The summed E-state index contributed by atoms with van der Waals surface area (Å²) < 4.78 is 19.3. The Morgan fingerprint density at radius 3 is 2.71 bits per heavy atom. The lowest BCUT2D eigenvalue weighted by atomic mass is 9.92. The highest BCUT2D eigenvalue weighted by atomic mass is 32.2. The number of thioether (sulfide) groups is 1. The first-order chi connectivity index (χ1) is 16.3. The highest BCUT2D eigenvalue weighted by molar-refractivity contribution is 8.16. The molecule has 0 aliphatic carbocycles. The number of hydrogen-bond donors (Lipinski definition) is 1. The van der Waals surface area contributed by atoms with Crippen molar-refractivity contribution in [1.82, 2.24) is 15.1 Å². The predicted molar refractivity (Wildman–Crippen MR) is 131 cm³/mol. The quantitative estimate of drug-likeness (QED) is 0.632. The monoisotopic (exact) mass is 486 g/mol. The van der Waals surface area contributed by atoms with Gasteiger partial charge in [-0.25, -0.2) is 9.38 Å². The van der Waals surface area contributed by atoms with Crippen molar-refractivity contribution in [2.45, 2.75) is 58.2 Å². The van der Waals surface area contributed by atoms with Crippen LogP contribution < -0.4 is 5.32 Å². The molecule has 3 heterocycles. The smallest absolute Gasteiger partial charge is 0.254 e. The van der Waals surface area contributed by atoms with Crippen LogP contribution in [0, 0.1) is 5.82 Å². The third-order valence-electron chi connectivity index (χ3n) is 6.40. The van der Waals surface area contributed by atoms with E-state index in [0.717, 1.165) is 30.7 Å². The number of halogens is 1. The summed E-state index contributed by atoms with van der Waals surface area (Å²) in [6.45, 7) is 6.96. The lowest BCUT2D eigenvalue weighted by molar-refractivity contribution is -0.128. The second-order valence-corrected chi connectivity index (χ2v) is 9.91. The van der Waals surface area contributed by atoms with E-state index in [1.54, 1.807) is 24.1 Å². The van der Waals surface area contributed by atoms with Crippen molar-refractivity contribution in [3.8, 4) is 0 Å². The van der Waals surface area contributed by atoms with E-state index in [4.69, 9.17) is 9.73 Å². The molecule has 3 aliphatic rings. The van der Waals surface area contributed by atoms with Crippen LogP contribution in [0.1, 0.15) is 51.6 Å². The number of amides is 2. The third kappa shape index (κ3) is 5.05. The first kappa shape index (κ1) is 24.5. The molecule has 2 atom stereocenters. The van der Waals surface area contributed by atoms with E-state index in [1.807, 2.05) is 31.1 Å². The SMILES string of the molecule is CC1=C(C(=O)N(C)C(C)C)C(c2ccc(F)cc2)N2C(CC(=O)NCC3CCCO3)=CSC2=N1. The topological polar surface area (TPSA) is 74.2 Å². The average molecular weight is 487 g/mol. The van der Waals surface area contributed by atoms with Crippen LogP contribution >= 0.6 is 11.8 Å². The Labute approximate surface area is 204 Å². The van der Waals surface area contributed by atoms with Crippen molar-refractivity contribution in [3.63, 3.8) is 0 Å². The van der Waals surface area contributed by atoms with Crippen LogP contribution in [-0.2, 0) is 14.3 Å². The normalized spacial score (nSPS) is 22.0. The van der Waals surface area contributed by atoms with Gasteiger partial charge in [0.25, 0.3) is 5.91 Å². The molecule has 9 heteroatoms. The summed E-state index contributed by atoms with van der Waals surface area (Å²) >= 11 is 1.43. The second-order valence-electron chi connectivity index (χ2n) is 9.07. The summed E-state index contributed by atoms with van der Waals surface area (Å²) in [6, 6.07) is 5.66. The van der Waals surface area contributed by atoms with Gasteiger partial charge in [-0.15, -0.1) is 0 Å². The van der Waals surface area contributed by atoms with Gasteiger partial charge in [-0.3, -0.25) is 9.59 Å². The van der Waals surface area contributed by atoms with E-state index in [2.05, 4.69) is 5.32 Å². The van der Waals surface area contributed by atoms with Gasteiger partial charge in [0, 0.05) is 31.9 Å². The summed E-state index contributed by atoms with van der Waals surface area (Å²) in [5.41, 5.74) is 2.68. The average Bonchev–Trinajstić information content (AvgIpc) is 3.46. The molecule has 7 nitrogen and oxygen atoms in total. The number of carbonyl (C=O) groups excluding carboxylic acids is 2. The molecule has 0 saturated carbocycles. The molecule has 1 aromatic rings. The van der Waals surface area contributed by atoms with Crippen molar-refractivity contribution in [1.29, 1.82) is 0 Å². The second kappa shape index (κ2) is 10.3. The minimum absolute atomic E-state index is 0.00130. The van der Waals surface area contributed by atoms with Crippen LogP contribution in [-0.4, -0.2) is 59.1 Å². The van der Waals surface area contributed by atoms with Gasteiger partial charge in [-0.1, -0.05) is 23.9 Å². The Bertz CT molecular complexity index is 1040. The maximum absolute atomic E-state index is 13.7. The number of fused-ring (bicyclic) bond motifs is 1. The van der Waals surface area contributed by atoms with Crippen molar-refractivity contribution < 1.29 is 18.7 Å². The fraction of sp³-hybridized carbons (Fsp3) is 0.480. The summed E-state index contributed by atoms with van der Waals surface area (Å²) in [5, 5.41) is 5.58. The van der Waals surface area contributed by atoms with Gasteiger partial charge in [-0.05, 0) is 56.7 Å². The van der Waals surface area contributed by atoms with E-state index < -0.39 is 6.04 Å². The zero-order valence-electron chi connectivity index (χ0n) is 20.0. The zero-order valence-corrected chi connectivity index (χ0v) is 20.8. The van der Waals surface area contributed by atoms with Gasteiger partial charge in [0.2, 0.25) is 5.91 Å². The molecule has 0 aromatic heterocycles. The van der Waals surface area contributed by atoms with Crippen molar-refractivity contribution >= 4 is 28.7 Å². The number of ether oxygens (including phenoxy) is 1. The van der Waals surface area contributed by atoms with E-state index in [-0.39, 0.29) is 36.2 Å². The maximum Gasteiger partial charge on any atom is 0.254 e. The van der Waals surface area contributed by atoms with Crippen LogP contribution in [0.5, 0.6) is 0 Å². The van der Waals surface area contributed by atoms with Crippen molar-refractivity contribution in [2.75, 3.05) is 20.2 Å². The summed E-state index contributed by atoms with van der Waals surface area (Å²) in [6.07, 6.45) is 2.18. The zero-order chi connectivity index (χ0) is 24.4. The molecule has 3 aliphatic heterocycles. The minimum Gasteiger partial charge on any atom is -0.376 e. The highest BCUT2D eigenvalue weighted by Crippen LogP contribution is 2.45. The molecule has 1 saturated heterocycles. The number of nitrogens with one attached hydrogen (secondary N) is 1. The van der Waals surface area contributed by atoms with E-state index in [0.29, 0.717) is 23.0 Å². The van der Waals surface area contributed by atoms with Gasteiger partial charge in [0.05, 0.1) is 29.8 Å². The molecular weight excluding hydrogens is 455 g/mol. The molecule has 1 aromatic carbocycles. The Kier molecular flexibility index (Phi) is 7.42. The molecule has 1 fully saturated rings. The van der Waals surface area contributed by atoms with Crippen molar-refractivity contribution in [3.05, 3.63) is 58.0 Å². The summed E-state index contributed by atoms with van der Waals surface area (Å²) in [4.78, 5) is 34.6. The molecular formula is C25H31FN4O3S. The number of carbonyl (C=O) groups is 2. The predicted octanol–water partition coefficient (Wildman–Crippen LogP) is 3.95. The first-order valence-electron chi connectivity index (χ1n) is 11.6. The maximum atomic E-state index is 13.7. The fourth-order valence-corrected chi connectivity index (χ4v) is 5.25. The summed E-state index contributed by atoms with van der Waals surface area (Å²) in [7, 11) is 1.77. The third-order valence-corrected chi connectivity index (χ3v) is 7.29.